The van der Waals surface area contributed by atoms with E-state index in [1.807, 2.05) is 12.1 Å². The second kappa shape index (κ2) is 10.3. The van der Waals surface area contributed by atoms with Crippen LogP contribution in [0.1, 0.15) is 36.9 Å². The minimum atomic E-state index is -0.741. The molecule has 0 saturated carbocycles. The molecule has 0 bridgehead atoms. The predicted octanol–water partition coefficient (Wildman–Crippen LogP) is 4.76. The topological polar surface area (TPSA) is 109 Å². The average Bonchev–Trinajstić information content (AvgIpc) is 3.56. The molecular weight excluding hydrogens is 598 g/mol. The molecular formula is C29H21BrClN5O4. The lowest BCUT2D eigenvalue weighted by molar-refractivity contribution is 0.0704. The van der Waals surface area contributed by atoms with E-state index in [9.17, 15) is 19.2 Å². The van der Waals surface area contributed by atoms with Gasteiger partial charge in [-0.25, -0.2) is 4.79 Å². The van der Waals surface area contributed by atoms with Gasteiger partial charge >= 0.3 is 5.69 Å². The fourth-order valence-electron chi connectivity index (χ4n) is 4.92. The Kier molecular flexibility index (Phi) is 6.65. The summed E-state index contributed by atoms with van der Waals surface area (Å²) in [6.45, 7) is 0.421. The molecule has 0 spiro atoms. The van der Waals surface area contributed by atoms with E-state index in [-0.39, 0.29) is 31.2 Å². The van der Waals surface area contributed by atoms with E-state index >= 15 is 0 Å². The molecule has 2 N–H and O–H groups in total. The zero-order chi connectivity index (χ0) is 28.0. The minimum Gasteiger partial charge on any atom is -0.361 e. The van der Waals surface area contributed by atoms with Gasteiger partial charge in [0.05, 0.1) is 22.9 Å². The molecule has 0 fully saturated rings. The Bertz CT molecular complexity index is 1870. The van der Waals surface area contributed by atoms with E-state index in [0.29, 0.717) is 32.0 Å². The number of nitrogens with zero attached hydrogens (tertiary/aromatic N) is 3. The lowest BCUT2D eigenvalue weighted by Crippen LogP contribution is -2.41. The average molecular weight is 619 g/mol. The van der Waals surface area contributed by atoms with Crippen LogP contribution in [0, 0.1) is 0 Å². The van der Waals surface area contributed by atoms with Gasteiger partial charge in [0.25, 0.3) is 17.7 Å². The number of aromatic amines is 1. The Hall–Kier alpha value is -4.41. The first-order valence-corrected chi connectivity index (χ1v) is 13.6. The van der Waals surface area contributed by atoms with Crippen LogP contribution in [-0.4, -0.2) is 43.3 Å². The summed E-state index contributed by atoms with van der Waals surface area (Å²) in [4.78, 5) is 58.4. The van der Waals surface area contributed by atoms with Gasteiger partial charge in [0.1, 0.15) is 5.69 Å². The molecule has 1 aliphatic rings. The number of hydrogen-bond donors (Lipinski definition) is 2. The normalized spacial score (nSPS) is 12.8. The zero-order valence-electron chi connectivity index (χ0n) is 20.9. The molecule has 3 aromatic carbocycles. The van der Waals surface area contributed by atoms with Crippen LogP contribution in [0.5, 0.6) is 0 Å². The first-order chi connectivity index (χ1) is 19.3. The molecule has 1 aliphatic heterocycles. The van der Waals surface area contributed by atoms with Gasteiger partial charge in [-0.2, -0.15) is 0 Å². The van der Waals surface area contributed by atoms with Crippen molar-refractivity contribution >= 4 is 56.2 Å². The third-order valence-electron chi connectivity index (χ3n) is 6.91. The van der Waals surface area contributed by atoms with E-state index < -0.39 is 17.5 Å². The van der Waals surface area contributed by atoms with Crippen LogP contribution < -0.4 is 11.0 Å². The highest BCUT2D eigenvalue weighted by molar-refractivity contribution is 9.10. The number of hydrogen-bond acceptors (Lipinski definition) is 4. The maximum absolute atomic E-state index is 13.7. The number of aromatic nitrogens is 3. The molecule has 200 valence electrons. The van der Waals surface area contributed by atoms with Gasteiger partial charge in [0.15, 0.2) is 0 Å². The van der Waals surface area contributed by atoms with Gasteiger partial charge < -0.3 is 9.88 Å². The SMILES string of the molecule is O=C(NC(=O)c1c2n(c(=O)n1-c1ccc3[nH]ccc3c1)CCN(C(=O)c1ccc(Br)c(Cl)c1)C2)c1ccccc1. The number of halogens is 2. The van der Waals surface area contributed by atoms with Crippen LogP contribution in [0.4, 0.5) is 0 Å². The molecule has 3 heterocycles. The number of carbonyl (C=O) groups is 3. The highest BCUT2D eigenvalue weighted by Crippen LogP contribution is 2.26. The summed E-state index contributed by atoms with van der Waals surface area (Å²) >= 11 is 9.55. The number of fused-ring (bicyclic) bond motifs is 2. The molecule has 5 aromatic rings. The number of nitrogens with one attached hydrogen (secondary N) is 2. The van der Waals surface area contributed by atoms with Crippen LogP contribution in [0.15, 0.2) is 88.3 Å². The summed E-state index contributed by atoms with van der Waals surface area (Å²) in [5, 5.41) is 3.67. The molecule has 0 aliphatic carbocycles. The predicted molar refractivity (Wildman–Crippen MR) is 154 cm³/mol. The standard InChI is InChI=1S/C29H21BrClN5O4/c30-21-8-6-19(15-22(21)31)28(39)34-12-13-35-24(16-34)25(27(38)33-26(37)17-4-2-1-3-5-17)36(29(35)40)20-7-9-23-18(14-20)10-11-32-23/h1-11,14-15,32H,12-13,16H2,(H,33,37,38). The van der Waals surface area contributed by atoms with Crippen molar-refractivity contribution in [3.63, 3.8) is 0 Å². The maximum Gasteiger partial charge on any atom is 0.333 e. The lowest BCUT2D eigenvalue weighted by Gasteiger charge is -2.28. The number of imidazole rings is 1. The van der Waals surface area contributed by atoms with Crippen LogP contribution in [0.25, 0.3) is 16.6 Å². The largest absolute Gasteiger partial charge is 0.361 e. The summed E-state index contributed by atoms with van der Waals surface area (Å²) in [6.07, 6.45) is 1.78. The van der Waals surface area contributed by atoms with Gasteiger partial charge in [0.2, 0.25) is 0 Å². The first-order valence-electron chi connectivity index (χ1n) is 12.4. The molecule has 9 nitrogen and oxygen atoms in total. The number of imide groups is 1. The first kappa shape index (κ1) is 25.8. The Balaban J connectivity index is 1.43. The fourth-order valence-corrected chi connectivity index (χ4v) is 5.35. The van der Waals surface area contributed by atoms with Crippen LogP contribution in [0.3, 0.4) is 0 Å². The summed E-state index contributed by atoms with van der Waals surface area (Å²) in [5.74, 6) is -1.63. The van der Waals surface area contributed by atoms with Crippen molar-refractivity contribution in [2.75, 3.05) is 6.54 Å². The van der Waals surface area contributed by atoms with Gasteiger partial charge in [0, 0.05) is 45.8 Å². The quantitative estimate of drug-likeness (QED) is 0.283. The molecule has 2 aromatic heterocycles. The summed E-state index contributed by atoms with van der Waals surface area (Å²) in [5.41, 5.74) is 1.92. The van der Waals surface area contributed by atoms with E-state index in [0.717, 1.165) is 10.9 Å². The Labute approximate surface area is 241 Å². The maximum atomic E-state index is 13.7. The minimum absolute atomic E-state index is 0.00416. The van der Waals surface area contributed by atoms with Crippen molar-refractivity contribution in [2.24, 2.45) is 0 Å². The van der Waals surface area contributed by atoms with Gasteiger partial charge in [-0.15, -0.1) is 0 Å². The summed E-state index contributed by atoms with van der Waals surface area (Å²) < 4.78 is 3.46. The van der Waals surface area contributed by atoms with Crippen molar-refractivity contribution < 1.29 is 14.4 Å². The van der Waals surface area contributed by atoms with Gasteiger partial charge in [-0.1, -0.05) is 29.8 Å². The van der Waals surface area contributed by atoms with Crippen molar-refractivity contribution in [3.05, 3.63) is 121 Å². The Morgan fingerprint density at radius 2 is 1.70 bits per heavy atom. The smallest absolute Gasteiger partial charge is 0.333 e. The molecule has 0 unspecified atom stereocenters. The van der Waals surface area contributed by atoms with Crippen molar-refractivity contribution in [2.45, 2.75) is 13.1 Å². The highest BCUT2D eigenvalue weighted by Gasteiger charge is 2.33. The highest BCUT2D eigenvalue weighted by atomic mass is 79.9. The number of amides is 3. The van der Waals surface area contributed by atoms with Crippen molar-refractivity contribution in [1.29, 1.82) is 0 Å². The molecule has 0 radical (unpaired) electrons. The van der Waals surface area contributed by atoms with E-state index in [1.165, 1.54) is 9.13 Å². The monoisotopic (exact) mass is 617 g/mol. The zero-order valence-corrected chi connectivity index (χ0v) is 23.2. The van der Waals surface area contributed by atoms with Gasteiger partial charge in [-0.05, 0) is 70.5 Å². The van der Waals surface area contributed by atoms with E-state index in [1.54, 1.807) is 71.8 Å². The lowest BCUT2D eigenvalue weighted by atomic mass is 10.1. The van der Waals surface area contributed by atoms with Crippen molar-refractivity contribution in [1.82, 2.24) is 24.3 Å². The van der Waals surface area contributed by atoms with Crippen LogP contribution in [0.2, 0.25) is 5.02 Å². The molecule has 6 rings (SSSR count). The Morgan fingerprint density at radius 1 is 0.900 bits per heavy atom. The number of H-pyrrole nitrogens is 1. The Morgan fingerprint density at radius 3 is 2.48 bits per heavy atom. The fraction of sp³-hybridized carbons (Fsp3) is 0.103. The van der Waals surface area contributed by atoms with Crippen LogP contribution in [-0.2, 0) is 13.1 Å². The number of benzene rings is 3. The van der Waals surface area contributed by atoms with Crippen LogP contribution >= 0.6 is 27.5 Å². The van der Waals surface area contributed by atoms with E-state index in [4.69, 9.17) is 11.6 Å². The van der Waals surface area contributed by atoms with E-state index in [2.05, 4.69) is 26.2 Å². The van der Waals surface area contributed by atoms with Crippen molar-refractivity contribution in [3.8, 4) is 5.69 Å². The number of carbonyl (C=O) groups excluding carboxylic acids is 3. The third-order valence-corrected chi connectivity index (χ3v) is 8.14. The molecule has 3 amide bonds. The number of rotatable bonds is 4. The second-order valence-electron chi connectivity index (χ2n) is 9.32. The summed E-state index contributed by atoms with van der Waals surface area (Å²) in [7, 11) is 0. The second-order valence-corrected chi connectivity index (χ2v) is 10.6. The molecule has 11 heteroatoms. The summed E-state index contributed by atoms with van der Waals surface area (Å²) in [6, 6.07) is 20.5. The molecule has 0 saturated heterocycles. The van der Waals surface area contributed by atoms with Gasteiger partial charge in [-0.3, -0.25) is 28.8 Å². The molecule has 40 heavy (non-hydrogen) atoms. The third kappa shape index (κ3) is 4.55. The molecule has 0 atom stereocenters.